The van der Waals surface area contributed by atoms with Gasteiger partial charge in [-0.05, 0) is 25.3 Å². The van der Waals surface area contributed by atoms with Crippen molar-refractivity contribution >= 4 is 24.0 Å². The van der Waals surface area contributed by atoms with Crippen LogP contribution in [0.2, 0.25) is 0 Å². The van der Waals surface area contributed by atoms with E-state index in [1.165, 1.54) is 0 Å². The van der Waals surface area contributed by atoms with Crippen LogP contribution in [0.1, 0.15) is 20.8 Å². The molecule has 0 aliphatic carbocycles. The van der Waals surface area contributed by atoms with Gasteiger partial charge in [0.05, 0.1) is 5.33 Å². The van der Waals surface area contributed by atoms with Crippen molar-refractivity contribution in [3.8, 4) is 0 Å². The van der Waals surface area contributed by atoms with Gasteiger partial charge in [-0.25, -0.2) is 0 Å². The minimum absolute atomic E-state index is 0. The SMILES string of the molecule is CC(C)(C)N.O=[P+](O)C(O)CBr. The molecule has 0 heterocycles. The Morgan fingerprint density at radius 2 is 1.83 bits per heavy atom. The van der Waals surface area contributed by atoms with Gasteiger partial charge in [0.2, 0.25) is 0 Å². The molecule has 0 aromatic carbocycles. The van der Waals surface area contributed by atoms with Gasteiger partial charge in [-0.2, -0.15) is 4.89 Å². The number of aliphatic hydroxyl groups is 1. The van der Waals surface area contributed by atoms with Crippen LogP contribution in [0.25, 0.3) is 0 Å². The molecule has 0 aromatic rings. The molecule has 0 bridgehead atoms. The van der Waals surface area contributed by atoms with Gasteiger partial charge >= 0.3 is 8.03 Å². The highest BCUT2D eigenvalue weighted by molar-refractivity contribution is 9.09. The highest BCUT2D eigenvalue weighted by atomic mass is 79.9. The Balaban J connectivity index is 0. The number of hydrogen-bond donors (Lipinski definition) is 3. The lowest BCUT2D eigenvalue weighted by molar-refractivity contribution is 0.262. The Morgan fingerprint density at radius 3 is 1.83 bits per heavy atom. The fraction of sp³-hybridized carbons (Fsp3) is 1.00. The van der Waals surface area contributed by atoms with E-state index in [2.05, 4.69) is 15.9 Å². The second kappa shape index (κ2) is 6.92. The van der Waals surface area contributed by atoms with Crippen LogP contribution in [0.4, 0.5) is 0 Å². The minimum Gasteiger partial charge on any atom is -0.348 e. The van der Waals surface area contributed by atoms with Crippen molar-refractivity contribution in [3.63, 3.8) is 0 Å². The van der Waals surface area contributed by atoms with E-state index in [1.807, 2.05) is 20.8 Å². The molecule has 0 amide bonds. The lowest BCUT2D eigenvalue weighted by atomic mass is 10.1. The summed E-state index contributed by atoms with van der Waals surface area (Å²) >= 11 is 2.82. The molecule has 0 aliphatic heterocycles. The van der Waals surface area contributed by atoms with Crippen molar-refractivity contribution in [1.29, 1.82) is 0 Å². The summed E-state index contributed by atoms with van der Waals surface area (Å²) in [4.78, 5) is 8.05. The largest absolute Gasteiger partial charge is 0.538 e. The molecule has 0 spiro atoms. The molecule has 0 rings (SSSR count). The minimum atomic E-state index is -2.40. The Morgan fingerprint density at radius 1 is 1.58 bits per heavy atom. The van der Waals surface area contributed by atoms with Crippen LogP contribution in [0.15, 0.2) is 0 Å². The third-order valence-corrected chi connectivity index (χ3v) is 2.20. The third kappa shape index (κ3) is 22.4. The number of aliphatic hydroxyl groups excluding tert-OH is 1. The van der Waals surface area contributed by atoms with Crippen molar-refractivity contribution in [2.75, 3.05) is 5.33 Å². The molecule has 0 saturated heterocycles. The molecule has 6 heteroatoms. The van der Waals surface area contributed by atoms with Gasteiger partial charge in [0.15, 0.2) is 0 Å². The van der Waals surface area contributed by atoms with Crippen molar-refractivity contribution in [1.82, 2.24) is 0 Å². The number of halogens is 1. The Hall–Kier alpha value is 0.460. The lowest BCUT2D eigenvalue weighted by Crippen LogP contribution is -2.26. The van der Waals surface area contributed by atoms with Crippen LogP contribution in [0.5, 0.6) is 0 Å². The van der Waals surface area contributed by atoms with Gasteiger partial charge in [0.25, 0.3) is 5.85 Å². The molecular weight excluding hydrogens is 245 g/mol. The fourth-order valence-electron chi connectivity index (χ4n) is 0.0590. The summed E-state index contributed by atoms with van der Waals surface area (Å²) in [6.45, 7) is 5.90. The maximum absolute atomic E-state index is 9.80. The zero-order valence-corrected chi connectivity index (χ0v) is 9.97. The molecule has 74 valence electrons. The second-order valence-corrected chi connectivity index (χ2v) is 5.15. The quantitative estimate of drug-likeness (QED) is 0.514. The summed E-state index contributed by atoms with van der Waals surface area (Å²) in [6.07, 6.45) is 0. The average molecular weight is 261 g/mol. The molecule has 0 saturated carbocycles. The molecule has 4 N–H and O–H groups in total. The molecule has 12 heavy (non-hydrogen) atoms. The highest BCUT2D eigenvalue weighted by Gasteiger charge is 2.23. The smallest absolute Gasteiger partial charge is 0.348 e. The van der Waals surface area contributed by atoms with E-state index in [4.69, 9.17) is 15.7 Å². The van der Waals surface area contributed by atoms with E-state index in [-0.39, 0.29) is 10.9 Å². The van der Waals surface area contributed by atoms with Crippen LogP contribution in [0, 0.1) is 0 Å². The molecule has 0 aliphatic rings. The van der Waals surface area contributed by atoms with E-state index in [0.29, 0.717) is 0 Å². The number of nitrogens with two attached hydrogens (primary N) is 1. The standard InChI is InChI=1S/C4H11N.C2H4BrO3P/c1-4(2,3)5;3-1-2(4)7(5)6/h5H2,1-3H3;2,4H,1H2/p+1. The molecule has 2 atom stereocenters. The Labute approximate surface area is 82.2 Å². The highest BCUT2D eigenvalue weighted by Crippen LogP contribution is 2.20. The molecule has 0 radical (unpaired) electrons. The zero-order valence-electron chi connectivity index (χ0n) is 7.49. The first-order valence-corrected chi connectivity index (χ1v) is 5.77. The number of rotatable bonds is 2. The van der Waals surface area contributed by atoms with Gasteiger partial charge in [-0.3, -0.25) is 0 Å². The van der Waals surface area contributed by atoms with Crippen LogP contribution >= 0.6 is 24.0 Å². The summed E-state index contributed by atoms with van der Waals surface area (Å²) in [5.74, 6) is -1.12. The van der Waals surface area contributed by atoms with Crippen LogP contribution in [-0.4, -0.2) is 26.7 Å². The zero-order chi connectivity index (χ0) is 10.4. The van der Waals surface area contributed by atoms with Gasteiger partial charge < -0.3 is 10.8 Å². The summed E-state index contributed by atoms with van der Waals surface area (Å²) in [5.41, 5.74) is 5.35. The first kappa shape index (κ1) is 15.0. The predicted octanol–water partition coefficient (Wildman–Crippen LogP) is 1.18. The van der Waals surface area contributed by atoms with Crippen molar-refractivity contribution in [2.24, 2.45) is 5.73 Å². The fourth-order valence-corrected chi connectivity index (χ4v) is 0.920. The van der Waals surface area contributed by atoms with Crippen LogP contribution < -0.4 is 5.73 Å². The average Bonchev–Trinajstić information content (AvgIpc) is 1.82. The molecule has 0 aromatic heterocycles. The monoisotopic (exact) mass is 260 g/mol. The van der Waals surface area contributed by atoms with Gasteiger partial charge in [-0.15, -0.1) is 0 Å². The Kier molecular flexibility index (Phi) is 8.63. The van der Waals surface area contributed by atoms with Crippen LogP contribution in [0.3, 0.4) is 0 Å². The van der Waals surface area contributed by atoms with Crippen LogP contribution in [-0.2, 0) is 4.57 Å². The van der Waals surface area contributed by atoms with Crippen molar-refractivity contribution in [2.45, 2.75) is 32.2 Å². The van der Waals surface area contributed by atoms with E-state index in [0.717, 1.165) is 0 Å². The lowest BCUT2D eigenvalue weighted by Gasteiger charge is -2.06. The molecular formula is C6H16BrNO3P+. The third-order valence-electron chi connectivity index (χ3n) is 0.393. The van der Waals surface area contributed by atoms with E-state index in [9.17, 15) is 4.57 Å². The summed E-state index contributed by atoms with van der Waals surface area (Å²) < 4.78 is 9.80. The van der Waals surface area contributed by atoms with Gasteiger partial charge in [-0.1, -0.05) is 15.9 Å². The van der Waals surface area contributed by atoms with Gasteiger partial charge in [0.1, 0.15) is 0 Å². The van der Waals surface area contributed by atoms with E-state index >= 15 is 0 Å². The first-order chi connectivity index (χ1) is 5.18. The number of alkyl halides is 1. The topological polar surface area (TPSA) is 83.6 Å². The molecule has 4 nitrogen and oxygen atoms in total. The van der Waals surface area contributed by atoms with Gasteiger partial charge in [0, 0.05) is 5.54 Å². The molecule has 0 fully saturated rings. The summed E-state index contributed by atoms with van der Waals surface area (Å²) in [5, 5.41) is 8.51. The van der Waals surface area contributed by atoms with E-state index in [1.54, 1.807) is 0 Å². The van der Waals surface area contributed by atoms with E-state index < -0.39 is 13.9 Å². The summed E-state index contributed by atoms with van der Waals surface area (Å²) in [6, 6.07) is 0. The summed E-state index contributed by atoms with van der Waals surface area (Å²) in [7, 11) is -2.40. The Bertz CT molecular complexity index is 131. The second-order valence-electron chi connectivity index (χ2n) is 3.30. The number of hydrogen-bond acceptors (Lipinski definition) is 3. The first-order valence-electron chi connectivity index (χ1n) is 3.36. The predicted molar refractivity (Wildman–Crippen MR) is 53.6 cm³/mol. The molecule has 2 unspecified atom stereocenters. The maximum Gasteiger partial charge on any atom is 0.538 e. The van der Waals surface area contributed by atoms with Crippen molar-refractivity contribution < 1.29 is 14.6 Å². The van der Waals surface area contributed by atoms with Crippen molar-refractivity contribution in [3.05, 3.63) is 0 Å². The normalized spacial score (nSPS) is 14.4. The maximum atomic E-state index is 9.80.